The smallest absolute Gasteiger partial charge is 0.371 e. The van der Waals surface area contributed by atoms with Crippen LogP contribution in [-0.2, 0) is 31.9 Å². The molecule has 8 nitrogen and oxygen atoms in total. The van der Waals surface area contributed by atoms with E-state index in [9.17, 15) is 0 Å². The molecule has 9 heteroatoms. The molecule has 2 aromatic heterocycles. The number of nitrogens with zero attached hydrogens (tertiary/aromatic N) is 8. The van der Waals surface area contributed by atoms with E-state index in [1.165, 1.54) is 0 Å². The molecule has 0 atom stereocenters. The summed E-state index contributed by atoms with van der Waals surface area (Å²) in [5.41, 5.74) is 0.718. The summed E-state index contributed by atoms with van der Waals surface area (Å²) in [5.74, 6) is 3.55. The van der Waals surface area contributed by atoms with Crippen molar-refractivity contribution >= 4 is 34.7 Å². The minimum atomic E-state index is -0.478. The SMILES string of the molecule is CC1(C)C2=N/C(=N\c3cnc([n-]3)C(C)(C)C3=N/C(=N\c4cnc1[n-]4)C=C3)C=C2.[Pt+2]. The predicted molar refractivity (Wildman–Crippen MR) is 109 cm³/mol. The molecular formula is C20H18N8Pt. The Balaban J connectivity index is 0.00000205. The van der Waals surface area contributed by atoms with Crippen LogP contribution in [0.2, 0.25) is 0 Å². The second-order valence-corrected chi connectivity index (χ2v) is 7.95. The van der Waals surface area contributed by atoms with E-state index in [2.05, 4.69) is 39.9 Å². The van der Waals surface area contributed by atoms with Gasteiger partial charge in [-0.25, -0.2) is 9.98 Å². The van der Waals surface area contributed by atoms with Gasteiger partial charge in [-0.05, 0) is 76.0 Å². The topological polar surface area (TPSA) is 103 Å². The van der Waals surface area contributed by atoms with E-state index in [1.54, 1.807) is 12.4 Å². The third-order valence-electron chi connectivity index (χ3n) is 5.15. The largest absolute Gasteiger partial charge is 2.00 e. The van der Waals surface area contributed by atoms with E-state index in [-0.39, 0.29) is 21.1 Å². The zero-order valence-electron chi connectivity index (χ0n) is 16.4. The summed E-state index contributed by atoms with van der Waals surface area (Å²) < 4.78 is 0. The molecule has 0 spiro atoms. The molecule has 148 valence electrons. The van der Waals surface area contributed by atoms with Gasteiger partial charge < -0.3 is 29.9 Å². The first kappa shape index (κ1) is 19.6. The number of allylic oxidation sites excluding steroid dienone is 2. The van der Waals surface area contributed by atoms with Crippen molar-refractivity contribution in [3.63, 3.8) is 0 Å². The third kappa shape index (κ3) is 3.21. The van der Waals surface area contributed by atoms with Crippen LogP contribution in [0.3, 0.4) is 0 Å². The van der Waals surface area contributed by atoms with E-state index >= 15 is 0 Å². The molecule has 0 aliphatic carbocycles. The summed E-state index contributed by atoms with van der Waals surface area (Å²) in [6.07, 6.45) is 10.9. The molecule has 2 aromatic rings. The zero-order chi connectivity index (χ0) is 19.5. The Morgan fingerprint density at radius 2 is 1.03 bits per heavy atom. The van der Waals surface area contributed by atoms with E-state index in [0.29, 0.717) is 35.0 Å². The van der Waals surface area contributed by atoms with Crippen molar-refractivity contribution in [2.45, 2.75) is 38.5 Å². The molecule has 0 amide bonds. The Hall–Kier alpha value is -2.73. The van der Waals surface area contributed by atoms with Gasteiger partial charge in [0.25, 0.3) is 0 Å². The Bertz CT molecular complexity index is 1070. The quantitative estimate of drug-likeness (QED) is 0.490. The maximum Gasteiger partial charge on any atom is 2.00 e. The van der Waals surface area contributed by atoms with Crippen LogP contribution in [-0.4, -0.2) is 33.1 Å². The van der Waals surface area contributed by atoms with Crippen molar-refractivity contribution < 1.29 is 21.1 Å². The standard InChI is InChI=1S/C20H18N8.Pt/c1-19(2)11-5-7-13(23-11)25-16-10-22-18(28-16)20(3,4)12-6-8-14(24-12)26-15-9-21-17(19)27-15;/h5-10H,1-4H3;/q-2;+2/b25-13-,26-14-;. The van der Waals surface area contributed by atoms with Crippen molar-refractivity contribution in [1.82, 2.24) is 19.9 Å². The van der Waals surface area contributed by atoms with Gasteiger partial charge in [-0.15, -0.1) is 0 Å². The molecule has 0 N–H and O–H groups in total. The normalized spacial score (nSPS) is 24.1. The van der Waals surface area contributed by atoms with Crippen LogP contribution in [0.5, 0.6) is 0 Å². The molecular weight excluding hydrogens is 547 g/mol. The molecule has 0 saturated heterocycles. The van der Waals surface area contributed by atoms with E-state index < -0.39 is 10.8 Å². The summed E-state index contributed by atoms with van der Waals surface area (Å²) in [6.45, 7) is 8.12. The molecule has 3 aliphatic rings. The van der Waals surface area contributed by atoms with Gasteiger partial charge in [-0.3, -0.25) is 0 Å². The molecule has 5 heterocycles. The number of fused-ring (bicyclic) bond motifs is 6. The molecule has 0 unspecified atom stereocenters. The first-order valence-electron chi connectivity index (χ1n) is 9.05. The fourth-order valence-corrected chi connectivity index (χ4v) is 3.27. The summed E-state index contributed by atoms with van der Waals surface area (Å²) in [7, 11) is 0. The molecule has 0 fully saturated rings. The summed E-state index contributed by atoms with van der Waals surface area (Å²) in [4.78, 5) is 36.5. The van der Waals surface area contributed by atoms with Gasteiger partial charge in [0.15, 0.2) is 0 Å². The predicted octanol–water partition coefficient (Wildman–Crippen LogP) is 2.74. The van der Waals surface area contributed by atoms with Crippen LogP contribution >= 0.6 is 0 Å². The van der Waals surface area contributed by atoms with E-state index in [1.807, 2.05) is 52.0 Å². The maximum atomic E-state index is 4.65. The third-order valence-corrected chi connectivity index (χ3v) is 5.15. The molecule has 3 aliphatic heterocycles. The van der Waals surface area contributed by atoms with Crippen molar-refractivity contribution in [2.24, 2.45) is 20.0 Å². The minimum absolute atomic E-state index is 0. The fraction of sp³-hybridized carbons (Fsp3) is 0.300. The molecule has 0 saturated carbocycles. The number of hydrogen-bond donors (Lipinski definition) is 0. The van der Waals surface area contributed by atoms with Crippen molar-refractivity contribution in [1.29, 1.82) is 0 Å². The second-order valence-electron chi connectivity index (χ2n) is 7.95. The van der Waals surface area contributed by atoms with Crippen LogP contribution in [0.15, 0.2) is 56.7 Å². The first-order valence-corrected chi connectivity index (χ1v) is 9.05. The monoisotopic (exact) mass is 565 g/mol. The van der Waals surface area contributed by atoms with Crippen molar-refractivity contribution in [2.75, 3.05) is 0 Å². The average molecular weight is 565 g/mol. The van der Waals surface area contributed by atoms with Crippen LogP contribution in [0.25, 0.3) is 0 Å². The molecule has 5 rings (SSSR count). The summed E-state index contributed by atoms with van der Waals surface area (Å²) in [5, 5.41) is 0. The van der Waals surface area contributed by atoms with Crippen LogP contribution < -0.4 is 9.97 Å². The molecule has 8 bridgehead atoms. The molecule has 0 radical (unpaired) electrons. The minimum Gasteiger partial charge on any atom is -0.371 e. The van der Waals surface area contributed by atoms with E-state index in [4.69, 9.17) is 0 Å². The number of imidazole rings is 2. The fourth-order valence-electron chi connectivity index (χ4n) is 3.27. The summed E-state index contributed by atoms with van der Waals surface area (Å²) in [6, 6.07) is 0. The molecule has 29 heavy (non-hydrogen) atoms. The Morgan fingerprint density at radius 1 is 0.621 bits per heavy atom. The second kappa shape index (κ2) is 6.66. The van der Waals surface area contributed by atoms with Crippen molar-refractivity contribution in [3.8, 4) is 0 Å². The number of rotatable bonds is 0. The van der Waals surface area contributed by atoms with E-state index in [0.717, 1.165) is 11.4 Å². The average Bonchev–Trinajstić information content (AvgIpc) is 3.42. The summed E-state index contributed by atoms with van der Waals surface area (Å²) >= 11 is 0. The van der Waals surface area contributed by atoms with Crippen molar-refractivity contribution in [3.05, 3.63) is 48.3 Å². The van der Waals surface area contributed by atoms with Crippen LogP contribution in [0, 0.1) is 0 Å². The van der Waals surface area contributed by atoms with Gasteiger partial charge in [-0.1, -0.05) is 0 Å². The van der Waals surface area contributed by atoms with Gasteiger partial charge >= 0.3 is 21.1 Å². The van der Waals surface area contributed by atoms with Gasteiger partial charge in [0.1, 0.15) is 0 Å². The Kier molecular flexibility index (Phi) is 4.50. The number of aromatic nitrogens is 4. The number of hydrogen-bond acceptors (Lipinski definition) is 6. The van der Waals surface area contributed by atoms with Gasteiger partial charge in [0.2, 0.25) is 0 Å². The zero-order valence-corrected chi connectivity index (χ0v) is 18.6. The van der Waals surface area contributed by atoms with Crippen LogP contribution in [0.4, 0.5) is 11.6 Å². The Labute approximate surface area is 182 Å². The number of amidine groups is 2. The van der Waals surface area contributed by atoms with Gasteiger partial charge in [-0.2, -0.15) is 0 Å². The Morgan fingerprint density at radius 3 is 1.45 bits per heavy atom. The van der Waals surface area contributed by atoms with Gasteiger partial charge in [0, 0.05) is 22.5 Å². The molecule has 0 aromatic carbocycles. The van der Waals surface area contributed by atoms with Crippen LogP contribution in [0.1, 0.15) is 39.3 Å². The maximum absolute atomic E-state index is 4.65. The number of aliphatic imine (C=N–C) groups is 4. The van der Waals surface area contributed by atoms with Gasteiger partial charge in [0.05, 0.1) is 23.1 Å². The first-order chi connectivity index (χ1) is 13.3.